The van der Waals surface area contributed by atoms with E-state index >= 15 is 0 Å². The molecule has 5 nitrogen and oxygen atoms in total. The number of piperidine rings is 1. The number of nitrogens with zero attached hydrogens (tertiary/aromatic N) is 3. The number of hydrogen-bond donors (Lipinski definition) is 0. The highest BCUT2D eigenvalue weighted by atomic mass is 19.1. The van der Waals surface area contributed by atoms with Gasteiger partial charge in [0.25, 0.3) is 0 Å². The molecule has 6 heteroatoms. The lowest BCUT2D eigenvalue weighted by molar-refractivity contribution is 0.0205. The molecule has 0 unspecified atom stereocenters. The van der Waals surface area contributed by atoms with E-state index in [1.165, 1.54) is 12.4 Å². The molecule has 0 atom stereocenters. The highest BCUT2D eigenvalue weighted by Crippen LogP contribution is 2.27. The molecule has 1 fully saturated rings. The number of rotatable bonds is 1. The first-order valence-electron chi connectivity index (χ1n) is 6.80. The molecule has 1 aliphatic heterocycles. The first-order chi connectivity index (χ1) is 9.35. The van der Waals surface area contributed by atoms with Crippen LogP contribution in [0.5, 0.6) is 0 Å². The van der Waals surface area contributed by atoms with E-state index in [2.05, 4.69) is 9.97 Å². The van der Waals surface area contributed by atoms with E-state index in [9.17, 15) is 9.18 Å². The largest absolute Gasteiger partial charge is 0.444 e. The van der Waals surface area contributed by atoms with Crippen molar-refractivity contribution in [3.05, 3.63) is 24.0 Å². The second kappa shape index (κ2) is 5.73. The monoisotopic (exact) mass is 281 g/mol. The Morgan fingerprint density at radius 3 is 2.35 bits per heavy atom. The van der Waals surface area contributed by atoms with Gasteiger partial charge < -0.3 is 9.64 Å². The maximum absolute atomic E-state index is 12.7. The van der Waals surface area contributed by atoms with Crippen LogP contribution in [-0.4, -0.2) is 39.7 Å². The SMILES string of the molecule is CC(C)(C)OC(=O)N1CCC(c2cnc(F)nc2)CC1. The van der Waals surface area contributed by atoms with Crippen LogP contribution in [0.4, 0.5) is 9.18 Å². The Kier molecular flexibility index (Phi) is 4.20. The average molecular weight is 281 g/mol. The molecular formula is C14H20FN3O2. The Labute approximate surface area is 118 Å². The van der Waals surface area contributed by atoms with Crippen LogP contribution in [0.15, 0.2) is 12.4 Å². The molecule has 1 aromatic rings. The smallest absolute Gasteiger partial charge is 0.410 e. The third-order valence-electron chi connectivity index (χ3n) is 3.26. The number of hydrogen-bond acceptors (Lipinski definition) is 4. The molecule has 0 spiro atoms. The number of carbonyl (C=O) groups is 1. The summed E-state index contributed by atoms with van der Waals surface area (Å²) in [5.41, 5.74) is 0.453. The van der Waals surface area contributed by atoms with Crippen molar-refractivity contribution < 1.29 is 13.9 Å². The maximum Gasteiger partial charge on any atom is 0.410 e. The van der Waals surface area contributed by atoms with Crippen LogP contribution in [0.1, 0.15) is 45.1 Å². The first-order valence-corrected chi connectivity index (χ1v) is 6.80. The summed E-state index contributed by atoms with van der Waals surface area (Å²) in [6.07, 6.45) is 3.70. The van der Waals surface area contributed by atoms with Gasteiger partial charge in [-0.05, 0) is 45.1 Å². The van der Waals surface area contributed by atoms with Crippen LogP contribution in [0.25, 0.3) is 0 Å². The fourth-order valence-corrected chi connectivity index (χ4v) is 2.25. The van der Waals surface area contributed by atoms with Crippen molar-refractivity contribution in [1.82, 2.24) is 14.9 Å². The number of halogens is 1. The minimum Gasteiger partial charge on any atom is -0.444 e. The summed E-state index contributed by atoms with van der Waals surface area (Å²) in [6, 6.07) is 0. The molecule has 0 saturated carbocycles. The van der Waals surface area contributed by atoms with Gasteiger partial charge in [0, 0.05) is 25.5 Å². The van der Waals surface area contributed by atoms with Crippen molar-refractivity contribution in [1.29, 1.82) is 0 Å². The van der Waals surface area contributed by atoms with Gasteiger partial charge in [-0.2, -0.15) is 4.39 Å². The summed E-state index contributed by atoms with van der Waals surface area (Å²) >= 11 is 0. The maximum atomic E-state index is 12.7. The summed E-state index contributed by atoms with van der Waals surface area (Å²) in [7, 11) is 0. The van der Waals surface area contributed by atoms with E-state index in [0.717, 1.165) is 18.4 Å². The second-order valence-corrected chi connectivity index (χ2v) is 6.03. The Balaban J connectivity index is 1.89. The van der Waals surface area contributed by atoms with Crippen LogP contribution in [-0.2, 0) is 4.74 Å². The van der Waals surface area contributed by atoms with Crippen LogP contribution >= 0.6 is 0 Å². The molecule has 1 aliphatic rings. The minimum atomic E-state index is -0.708. The predicted molar refractivity (Wildman–Crippen MR) is 71.8 cm³/mol. The minimum absolute atomic E-state index is 0.272. The number of carbonyl (C=O) groups excluding carboxylic acids is 1. The molecule has 0 aliphatic carbocycles. The van der Waals surface area contributed by atoms with Crippen LogP contribution < -0.4 is 0 Å². The molecule has 1 aromatic heterocycles. The quantitative estimate of drug-likeness (QED) is 0.743. The zero-order valence-electron chi connectivity index (χ0n) is 12.1. The predicted octanol–water partition coefficient (Wildman–Crippen LogP) is 2.73. The zero-order valence-corrected chi connectivity index (χ0v) is 12.1. The number of aromatic nitrogens is 2. The summed E-state index contributed by atoms with van der Waals surface area (Å²) in [5, 5.41) is 0. The van der Waals surface area contributed by atoms with E-state index in [-0.39, 0.29) is 12.0 Å². The summed E-state index contributed by atoms with van der Waals surface area (Å²) < 4.78 is 18.0. The molecule has 1 amide bonds. The van der Waals surface area contributed by atoms with Crippen molar-refractivity contribution in [2.75, 3.05) is 13.1 Å². The van der Waals surface area contributed by atoms with E-state index in [0.29, 0.717) is 13.1 Å². The van der Waals surface area contributed by atoms with Crippen LogP contribution in [0.3, 0.4) is 0 Å². The lowest BCUT2D eigenvalue weighted by Gasteiger charge is -2.33. The van der Waals surface area contributed by atoms with Crippen LogP contribution in [0, 0.1) is 6.08 Å². The Morgan fingerprint density at radius 1 is 1.30 bits per heavy atom. The van der Waals surface area contributed by atoms with Crippen molar-refractivity contribution >= 4 is 6.09 Å². The van der Waals surface area contributed by atoms with Gasteiger partial charge in [0.2, 0.25) is 0 Å². The lowest BCUT2D eigenvalue weighted by Crippen LogP contribution is -2.41. The van der Waals surface area contributed by atoms with Crippen molar-refractivity contribution in [2.24, 2.45) is 0 Å². The molecular weight excluding hydrogens is 261 g/mol. The molecule has 0 aromatic carbocycles. The molecule has 0 radical (unpaired) electrons. The highest BCUT2D eigenvalue weighted by Gasteiger charge is 2.27. The molecule has 2 heterocycles. The van der Waals surface area contributed by atoms with Crippen molar-refractivity contribution in [3.63, 3.8) is 0 Å². The average Bonchev–Trinajstić information content (AvgIpc) is 2.38. The summed E-state index contributed by atoms with van der Waals surface area (Å²) in [4.78, 5) is 20.8. The second-order valence-electron chi connectivity index (χ2n) is 6.03. The first kappa shape index (κ1) is 14.7. The van der Waals surface area contributed by atoms with Gasteiger partial charge in [0.05, 0.1) is 0 Å². The van der Waals surface area contributed by atoms with Crippen LogP contribution in [0.2, 0.25) is 0 Å². The van der Waals surface area contributed by atoms with E-state index in [4.69, 9.17) is 4.74 Å². The molecule has 110 valence electrons. The van der Waals surface area contributed by atoms with Gasteiger partial charge in [-0.25, -0.2) is 14.8 Å². The fourth-order valence-electron chi connectivity index (χ4n) is 2.25. The van der Waals surface area contributed by atoms with Gasteiger partial charge >= 0.3 is 12.2 Å². The molecule has 1 saturated heterocycles. The number of amides is 1. The third-order valence-corrected chi connectivity index (χ3v) is 3.26. The van der Waals surface area contributed by atoms with Gasteiger partial charge in [-0.1, -0.05) is 0 Å². The standard InChI is InChI=1S/C14H20FN3O2/c1-14(2,3)20-13(19)18-6-4-10(5-7-18)11-8-16-12(15)17-9-11/h8-10H,4-7H2,1-3H3. The summed E-state index contributed by atoms with van der Waals surface area (Å²) in [6.45, 7) is 6.84. The lowest BCUT2D eigenvalue weighted by atomic mass is 9.91. The molecule has 0 bridgehead atoms. The van der Waals surface area contributed by atoms with E-state index in [1.54, 1.807) is 4.90 Å². The fraction of sp³-hybridized carbons (Fsp3) is 0.643. The number of ether oxygens (including phenoxy) is 1. The summed E-state index contributed by atoms with van der Waals surface area (Å²) in [5.74, 6) is 0.272. The highest BCUT2D eigenvalue weighted by molar-refractivity contribution is 5.68. The van der Waals surface area contributed by atoms with Gasteiger partial charge in [-0.15, -0.1) is 0 Å². The van der Waals surface area contributed by atoms with Gasteiger partial charge in [0.15, 0.2) is 0 Å². The van der Waals surface area contributed by atoms with Crippen molar-refractivity contribution in [3.8, 4) is 0 Å². The Morgan fingerprint density at radius 2 is 1.85 bits per heavy atom. The normalized spacial score (nSPS) is 17.1. The molecule has 2 rings (SSSR count). The molecule has 20 heavy (non-hydrogen) atoms. The molecule has 0 N–H and O–H groups in total. The van der Waals surface area contributed by atoms with Crippen molar-refractivity contribution in [2.45, 2.75) is 45.1 Å². The topological polar surface area (TPSA) is 55.3 Å². The number of likely N-dealkylation sites (tertiary alicyclic amines) is 1. The van der Waals surface area contributed by atoms with Gasteiger partial charge in [0.1, 0.15) is 5.60 Å². The Bertz CT molecular complexity index is 462. The third kappa shape index (κ3) is 3.88. The zero-order chi connectivity index (χ0) is 14.8. The van der Waals surface area contributed by atoms with E-state index in [1.807, 2.05) is 20.8 Å². The van der Waals surface area contributed by atoms with Gasteiger partial charge in [-0.3, -0.25) is 0 Å². The Hall–Kier alpha value is -1.72. The van der Waals surface area contributed by atoms with E-state index < -0.39 is 11.7 Å².